The van der Waals surface area contributed by atoms with E-state index < -0.39 is 11.4 Å². The van der Waals surface area contributed by atoms with Crippen molar-refractivity contribution >= 4 is 11.9 Å². The molecule has 1 N–H and O–H groups in total. The minimum Gasteiger partial charge on any atom is -0.481 e. The van der Waals surface area contributed by atoms with Crippen molar-refractivity contribution in [2.24, 2.45) is 11.3 Å². The minimum atomic E-state index is -0.830. The average molecular weight is 359 g/mol. The highest BCUT2D eigenvalue weighted by atomic mass is 16.5. The van der Waals surface area contributed by atoms with Crippen molar-refractivity contribution < 1.29 is 19.4 Å². The van der Waals surface area contributed by atoms with Gasteiger partial charge in [0.05, 0.1) is 6.42 Å². The third-order valence-corrected chi connectivity index (χ3v) is 6.20. The van der Waals surface area contributed by atoms with E-state index >= 15 is 0 Å². The van der Waals surface area contributed by atoms with Crippen molar-refractivity contribution in [2.75, 3.05) is 39.4 Å². The van der Waals surface area contributed by atoms with Crippen LogP contribution in [-0.4, -0.2) is 77.2 Å². The number of carboxylic acids is 1. The number of nitrogens with zero attached hydrogens (tertiary/aromatic N) is 3. The molecule has 26 heavy (non-hydrogen) atoms. The molecule has 1 aromatic rings. The van der Waals surface area contributed by atoms with Crippen molar-refractivity contribution in [3.63, 3.8) is 0 Å². The van der Waals surface area contributed by atoms with Gasteiger partial charge in [0.1, 0.15) is 5.41 Å². The zero-order valence-electron chi connectivity index (χ0n) is 14.8. The van der Waals surface area contributed by atoms with Crippen LogP contribution in [0.1, 0.15) is 18.4 Å². The van der Waals surface area contributed by atoms with Gasteiger partial charge in [-0.25, -0.2) is 0 Å². The Balaban J connectivity index is 1.45. The molecule has 140 valence electrons. The highest BCUT2D eigenvalue weighted by Gasteiger charge is 2.59. The molecule has 3 fully saturated rings. The smallest absolute Gasteiger partial charge is 0.313 e. The average Bonchev–Trinajstić information content (AvgIpc) is 3.19. The Morgan fingerprint density at radius 1 is 1.27 bits per heavy atom. The van der Waals surface area contributed by atoms with Gasteiger partial charge < -0.3 is 14.7 Å². The molecule has 0 bridgehead atoms. The fraction of sp³-hybridized carbons (Fsp3) is 0.632. The van der Waals surface area contributed by atoms with E-state index in [0.29, 0.717) is 25.7 Å². The van der Waals surface area contributed by atoms with E-state index in [0.717, 1.165) is 38.2 Å². The molecular weight excluding hydrogens is 334 g/mol. The lowest BCUT2D eigenvalue weighted by molar-refractivity contribution is -0.149. The monoisotopic (exact) mass is 359 g/mol. The van der Waals surface area contributed by atoms with Crippen LogP contribution >= 0.6 is 0 Å². The zero-order valence-corrected chi connectivity index (χ0v) is 14.8. The van der Waals surface area contributed by atoms with Gasteiger partial charge in [0.2, 0.25) is 5.91 Å². The van der Waals surface area contributed by atoms with Crippen molar-refractivity contribution in [3.05, 3.63) is 30.1 Å². The maximum absolute atomic E-state index is 12.7. The van der Waals surface area contributed by atoms with Crippen LogP contribution in [0.4, 0.5) is 0 Å². The van der Waals surface area contributed by atoms with Gasteiger partial charge in [-0.3, -0.25) is 19.5 Å². The van der Waals surface area contributed by atoms with Gasteiger partial charge in [-0.2, -0.15) is 0 Å². The van der Waals surface area contributed by atoms with Crippen LogP contribution in [0, 0.1) is 11.3 Å². The van der Waals surface area contributed by atoms with E-state index in [-0.39, 0.29) is 18.2 Å². The molecule has 0 saturated carbocycles. The number of aliphatic carboxylic acids is 1. The fourth-order valence-corrected chi connectivity index (χ4v) is 4.71. The van der Waals surface area contributed by atoms with E-state index in [4.69, 9.17) is 4.74 Å². The van der Waals surface area contributed by atoms with Crippen LogP contribution in [0.15, 0.2) is 24.5 Å². The van der Waals surface area contributed by atoms with Gasteiger partial charge in [-0.05, 0) is 24.5 Å². The quantitative estimate of drug-likeness (QED) is 0.850. The van der Waals surface area contributed by atoms with E-state index in [1.165, 1.54) is 0 Å². The largest absolute Gasteiger partial charge is 0.481 e. The first-order valence-electron chi connectivity index (χ1n) is 9.30. The number of ether oxygens (including phenoxy) is 1. The molecule has 3 aliphatic rings. The Labute approximate surface area is 152 Å². The van der Waals surface area contributed by atoms with Crippen LogP contribution in [0.5, 0.6) is 0 Å². The fourth-order valence-electron chi connectivity index (χ4n) is 4.71. The van der Waals surface area contributed by atoms with E-state index in [2.05, 4.69) is 9.88 Å². The highest BCUT2D eigenvalue weighted by Crippen LogP contribution is 2.44. The minimum absolute atomic E-state index is 0.000642. The summed E-state index contributed by atoms with van der Waals surface area (Å²) >= 11 is 0. The van der Waals surface area contributed by atoms with Crippen molar-refractivity contribution in [1.82, 2.24) is 14.8 Å². The van der Waals surface area contributed by atoms with Gasteiger partial charge in [-0.1, -0.05) is 6.07 Å². The Morgan fingerprint density at radius 3 is 2.73 bits per heavy atom. The number of carboxylic acid groups (broad SMARTS) is 1. The molecule has 7 nitrogen and oxygen atoms in total. The van der Waals surface area contributed by atoms with Crippen LogP contribution in [0.2, 0.25) is 0 Å². The molecule has 0 aliphatic carbocycles. The van der Waals surface area contributed by atoms with E-state index in [1.54, 1.807) is 17.3 Å². The highest BCUT2D eigenvalue weighted by molar-refractivity contribution is 5.83. The molecule has 0 spiro atoms. The summed E-state index contributed by atoms with van der Waals surface area (Å²) < 4.78 is 5.43. The van der Waals surface area contributed by atoms with Crippen molar-refractivity contribution in [3.8, 4) is 0 Å². The maximum atomic E-state index is 12.7. The predicted molar refractivity (Wildman–Crippen MR) is 93.5 cm³/mol. The predicted octanol–water partition coefficient (Wildman–Crippen LogP) is 0.648. The molecule has 3 aliphatic heterocycles. The Hall–Kier alpha value is -1.99. The van der Waals surface area contributed by atoms with Gasteiger partial charge in [-0.15, -0.1) is 0 Å². The number of carbonyl (C=O) groups excluding carboxylic acids is 1. The molecule has 3 saturated heterocycles. The summed E-state index contributed by atoms with van der Waals surface area (Å²) in [7, 11) is 0. The molecular formula is C19H25N3O4. The molecule has 4 heterocycles. The Bertz CT molecular complexity index is 677. The first-order chi connectivity index (χ1) is 12.6. The van der Waals surface area contributed by atoms with Gasteiger partial charge in [0.25, 0.3) is 0 Å². The zero-order chi connectivity index (χ0) is 18.1. The van der Waals surface area contributed by atoms with Crippen LogP contribution in [-0.2, 0) is 20.7 Å². The number of hydrogen-bond acceptors (Lipinski definition) is 5. The van der Waals surface area contributed by atoms with Crippen LogP contribution in [0.3, 0.4) is 0 Å². The summed E-state index contributed by atoms with van der Waals surface area (Å²) in [6.45, 7) is 3.64. The van der Waals surface area contributed by atoms with E-state index in [9.17, 15) is 14.7 Å². The number of fused-ring (bicyclic) bond motifs is 1. The summed E-state index contributed by atoms with van der Waals surface area (Å²) in [4.78, 5) is 32.9. The molecule has 1 aromatic heterocycles. The number of likely N-dealkylation sites (tertiary alicyclic amines) is 2. The topological polar surface area (TPSA) is 83.0 Å². The van der Waals surface area contributed by atoms with Crippen LogP contribution in [0.25, 0.3) is 0 Å². The standard InChI is InChI=1S/C19H25N3O4/c23-17(8-14-2-1-5-20-9-14)22-11-15-10-21(16-3-6-26-7-4-16)12-19(15,13-22)18(24)25/h1-2,5,9,15-16H,3-4,6-8,10-13H2,(H,24,25). The number of aromatic nitrogens is 1. The molecule has 0 aromatic carbocycles. The van der Waals surface area contributed by atoms with Gasteiger partial charge in [0.15, 0.2) is 0 Å². The number of hydrogen-bond donors (Lipinski definition) is 1. The molecule has 4 rings (SSSR count). The second-order valence-corrected chi connectivity index (χ2v) is 7.74. The second kappa shape index (κ2) is 6.96. The summed E-state index contributed by atoms with van der Waals surface area (Å²) in [6.07, 6.45) is 5.57. The Kier molecular flexibility index (Phi) is 4.67. The molecule has 7 heteroatoms. The van der Waals surface area contributed by atoms with Gasteiger partial charge in [0, 0.05) is 63.7 Å². The third kappa shape index (κ3) is 3.10. The lowest BCUT2D eigenvalue weighted by atomic mass is 9.81. The summed E-state index contributed by atoms with van der Waals surface area (Å²) in [5.41, 5.74) is 0.0332. The molecule has 1 amide bonds. The lowest BCUT2D eigenvalue weighted by Gasteiger charge is -2.33. The first kappa shape index (κ1) is 17.4. The second-order valence-electron chi connectivity index (χ2n) is 7.74. The van der Waals surface area contributed by atoms with Crippen LogP contribution < -0.4 is 0 Å². The number of carbonyl (C=O) groups is 2. The Morgan fingerprint density at radius 2 is 2.08 bits per heavy atom. The molecule has 2 atom stereocenters. The molecule has 2 unspecified atom stereocenters. The van der Waals surface area contributed by atoms with Crippen molar-refractivity contribution in [2.45, 2.75) is 25.3 Å². The normalized spacial score (nSPS) is 29.7. The van der Waals surface area contributed by atoms with Crippen molar-refractivity contribution in [1.29, 1.82) is 0 Å². The summed E-state index contributed by atoms with van der Waals surface area (Å²) in [5.74, 6) is -0.778. The number of amides is 1. The summed E-state index contributed by atoms with van der Waals surface area (Å²) in [5, 5.41) is 9.98. The maximum Gasteiger partial charge on any atom is 0.313 e. The first-order valence-corrected chi connectivity index (χ1v) is 9.30. The lowest BCUT2D eigenvalue weighted by Crippen LogP contribution is -2.45. The number of pyridine rings is 1. The molecule has 0 radical (unpaired) electrons. The summed E-state index contributed by atoms with van der Waals surface area (Å²) in [6, 6.07) is 4.10. The van der Waals surface area contributed by atoms with E-state index in [1.807, 2.05) is 12.1 Å². The van der Waals surface area contributed by atoms with Gasteiger partial charge >= 0.3 is 5.97 Å². The third-order valence-electron chi connectivity index (χ3n) is 6.20. The number of rotatable bonds is 4. The SMILES string of the molecule is O=C(Cc1cccnc1)N1CC2CN(C3CCOCC3)CC2(C(=O)O)C1.